The van der Waals surface area contributed by atoms with Crippen molar-refractivity contribution in [3.8, 4) is 5.69 Å². The number of benzene rings is 1. The Bertz CT molecular complexity index is 812. The maximum Gasteiger partial charge on any atom is 0.438 e. The zero-order valence-corrected chi connectivity index (χ0v) is 13.9. The van der Waals surface area contributed by atoms with Crippen molar-refractivity contribution in [2.45, 2.75) is 38.6 Å². The summed E-state index contributed by atoms with van der Waals surface area (Å²) in [6.07, 6.45) is 4.05. The van der Waals surface area contributed by atoms with E-state index in [2.05, 4.69) is 17.0 Å². The molecule has 1 aliphatic rings. The van der Waals surface area contributed by atoms with Gasteiger partial charge in [0.15, 0.2) is 0 Å². The Kier molecular flexibility index (Phi) is 4.57. The highest BCUT2D eigenvalue weighted by molar-refractivity contribution is 6.30. The second-order valence-corrected chi connectivity index (χ2v) is 6.45. The highest BCUT2D eigenvalue weighted by atomic mass is 35.5. The SMILES string of the molecule is CC1CCCCC1N=c1c([N+](=O)[O-])nn(-c2ccc(Cl)cc2)n1O. The summed E-state index contributed by atoms with van der Waals surface area (Å²) in [5, 5.41) is 26.1. The van der Waals surface area contributed by atoms with Crippen LogP contribution in [0.15, 0.2) is 29.3 Å². The van der Waals surface area contributed by atoms with E-state index in [4.69, 9.17) is 11.6 Å². The van der Waals surface area contributed by atoms with E-state index in [1.54, 1.807) is 24.3 Å². The van der Waals surface area contributed by atoms with Crippen molar-refractivity contribution < 1.29 is 10.1 Å². The maximum atomic E-state index is 11.3. The topological polar surface area (TPSA) is 98.5 Å². The largest absolute Gasteiger partial charge is 0.438 e. The van der Waals surface area contributed by atoms with E-state index in [1.807, 2.05) is 0 Å². The third-order valence-electron chi connectivity index (χ3n) is 4.34. The fraction of sp³-hybridized carbons (Fsp3) is 0.467. The molecule has 0 amide bonds. The number of nitrogens with zero attached hydrogens (tertiary/aromatic N) is 5. The molecule has 9 heteroatoms. The summed E-state index contributed by atoms with van der Waals surface area (Å²) in [6.45, 7) is 2.07. The maximum absolute atomic E-state index is 11.3. The third-order valence-corrected chi connectivity index (χ3v) is 4.60. The number of hydrogen-bond acceptors (Lipinski definition) is 5. The van der Waals surface area contributed by atoms with Gasteiger partial charge in [-0.05, 0) is 52.7 Å². The summed E-state index contributed by atoms with van der Waals surface area (Å²) in [5.74, 6) is -0.151. The van der Waals surface area contributed by atoms with Crippen molar-refractivity contribution in [2.75, 3.05) is 0 Å². The van der Waals surface area contributed by atoms with Gasteiger partial charge in [0.2, 0.25) is 0 Å². The Morgan fingerprint density at radius 3 is 2.62 bits per heavy atom. The average molecular weight is 352 g/mol. The number of nitro groups is 1. The first-order valence-electron chi connectivity index (χ1n) is 7.83. The van der Waals surface area contributed by atoms with Gasteiger partial charge in [-0.2, -0.15) is 0 Å². The Morgan fingerprint density at radius 2 is 2.00 bits per heavy atom. The van der Waals surface area contributed by atoms with Crippen molar-refractivity contribution in [2.24, 2.45) is 10.9 Å². The quantitative estimate of drug-likeness (QED) is 0.522. The van der Waals surface area contributed by atoms with E-state index < -0.39 is 10.7 Å². The highest BCUT2D eigenvalue weighted by Gasteiger charge is 2.27. The molecule has 0 spiro atoms. The Labute approximate surface area is 143 Å². The predicted octanol–water partition coefficient (Wildman–Crippen LogP) is 2.95. The number of halogens is 1. The summed E-state index contributed by atoms with van der Waals surface area (Å²) in [5.41, 5.74) is 0.317. The molecule has 3 rings (SSSR count). The summed E-state index contributed by atoms with van der Waals surface area (Å²) >= 11 is 5.84. The van der Waals surface area contributed by atoms with Crippen LogP contribution in [0.4, 0.5) is 5.82 Å². The zero-order chi connectivity index (χ0) is 17.3. The van der Waals surface area contributed by atoms with Gasteiger partial charge in [-0.15, -0.1) is 0 Å². The molecule has 128 valence electrons. The Balaban J connectivity index is 2.11. The second-order valence-electron chi connectivity index (χ2n) is 6.02. The lowest BCUT2D eigenvalue weighted by atomic mass is 9.86. The van der Waals surface area contributed by atoms with Crippen LogP contribution in [0.5, 0.6) is 0 Å². The van der Waals surface area contributed by atoms with Gasteiger partial charge in [-0.25, -0.2) is 0 Å². The van der Waals surface area contributed by atoms with Crippen LogP contribution in [-0.4, -0.2) is 30.9 Å². The van der Waals surface area contributed by atoms with Gasteiger partial charge in [0, 0.05) is 5.02 Å². The lowest BCUT2D eigenvalue weighted by Crippen LogP contribution is -2.28. The van der Waals surface area contributed by atoms with Gasteiger partial charge in [0.1, 0.15) is 5.69 Å². The molecule has 2 unspecified atom stereocenters. The molecule has 1 aromatic carbocycles. The molecule has 1 heterocycles. The minimum Gasteiger partial charge on any atom is -0.409 e. The van der Waals surface area contributed by atoms with Crippen LogP contribution < -0.4 is 5.49 Å². The van der Waals surface area contributed by atoms with E-state index in [0.717, 1.165) is 30.5 Å². The first-order chi connectivity index (χ1) is 11.5. The zero-order valence-electron chi connectivity index (χ0n) is 13.2. The smallest absolute Gasteiger partial charge is 0.409 e. The van der Waals surface area contributed by atoms with Crippen molar-refractivity contribution in [3.63, 3.8) is 0 Å². The van der Waals surface area contributed by atoms with Crippen LogP contribution in [0.2, 0.25) is 5.02 Å². The molecule has 2 atom stereocenters. The van der Waals surface area contributed by atoms with Crippen molar-refractivity contribution in [1.82, 2.24) is 14.7 Å². The summed E-state index contributed by atoms with van der Waals surface area (Å²) < 4.78 is 0. The molecule has 0 saturated heterocycles. The van der Waals surface area contributed by atoms with Gasteiger partial charge >= 0.3 is 5.82 Å². The molecule has 2 aromatic rings. The molecule has 1 N–H and O–H groups in total. The Hall–Kier alpha value is -2.35. The monoisotopic (exact) mass is 351 g/mol. The van der Waals surface area contributed by atoms with E-state index in [-0.39, 0.29) is 11.5 Å². The van der Waals surface area contributed by atoms with Crippen molar-refractivity contribution in [3.05, 3.63) is 44.9 Å². The van der Waals surface area contributed by atoms with E-state index in [0.29, 0.717) is 21.5 Å². The first-order valence-corrected chi connectivity index (χ1v) is 8.21. The van der Waals surface area contributed by atoms with Crippen LogP contribution in [0.25, 0.3) is 5.69 Å². The predicted molar refractivity (Wildman–Crippen MR) is 87.4 cm³/mol. The molecule has 0 radical (unpaired) electrons. The molecule has 0 bridgehead atoms. The van der Waals surface area contributed by atoms with Crippen LogP contribution in [0.1, 0.15) is 32.6 Å². The number of hydrogen-bond donors (Lipinski definition) is 1. The number of aromatic nitrogens is 3. The highest BCUT2D eigenvalue weighted by Crippen LogP contribution is 2.26. The fourth-order valence-corrected chi connectivity index (χ4v) is 3.10. The lowest BCUT2D eigenvalue weighted by Gasteiger charge is -2.24. The normalized spacial score (nSPS) is 21.8. The minimum atomic E-state index is -0.633. The summed E-state index contributed by atoms with van der Waals surface area (Å²) in [4.78, 5) is 16.8. The second kappa shape index (κ2) is 6.64. The van der Waals surface area contributed by atoms with Crippen LogP contribution in [0, 0.1) is 16.0 Å². The van der Waals surface area contributed by atoms with Gasteiger partial charge < -0.3 is 15.3 Å². The molecular weight excluding hydrogens is 334 g/mol. The van der Waals surface area contributed by atoms with Crippen LogP contribution >= 0.6 is 11.6 Å². The van der Waals surface area contributed by atoms with E-state index in [1.165, 1.54) is 0 Å². The van der Waals surface area contributed by atoms with Crippen LogP contribution in [0.3, 0.4) is 0 Å². The minimum absolute atomic E-state index is 0.0567. The standard InChI is InChI=1S/C15H18ClN5O3/c1-10-4-2-3-5-13(10)17-14-15(21(23)24)18-19(20(14)22)12-8-6-11(16)7-9-12/h6-10,13,22H,2-5H2,1H3. The van der Waals surface area contributed by atoms with Crippen molar-refractivity contribution in [1.29, 1.82) is 0 Å². The van der Waals surface area contributed by atoms with E-state index >= 15 is 0 Å². The first kappa shape index (κ1) is 16.5. The van der Waals surface area contributed by atoms with Gasteiger partial charge in [-0.3, -0.25) is 4.99 Å². The molecule has 1 saturated carbocycles. The molecule has 8 nitrogen and oxygen atoms in total. The molecule has 1 fully saturated rings. The Morgan fingerprint density at radius 1 is 1.33 bits per heavy atom. The fourth-order valence-electron chi connectivity index (χ4n) is 2.97. The lowest BCUT2D eigenvalue weighted by molar-refractivity contribution is -0.391. The van der Waals surface area contributed by atoms with Gasteiger partial charge in [-0.1, -0.05) is 36.2 Å². The molecule has 1 aromatic heterocycles. The third kappa shape index (κ3) is 3.14. The van der Waals surface area contributed by atoms with Gasteiger partial charge in [0.25, 0.3) is 5.49 Å². The summed E-state index contributed by atoms with van der Waals surface area (Å²) in [7, 11) is 0. The molecule has 0 aliphatic heterocycles. The average Bonchev–Trinajstić information content (AvgIpc) is 2.88. The number of rotatable bonds is 3. The van der Waals surface area contributed by atoms with Gasteiger partial charge in [0.05, 0.1) is 11.1 Å². The summed E-state index contributed by atoms with van der Waals surface area (Å²) in [6, 6.07) is 6.39. The van der Waals surface area contributed by atoms with E-state index in [9.17, 15) is 15.3 Å². The molecule has 24 heavy (non-hydrogen) atoms. The van der Waals surface area contributed by atoms with Crippen molar-refractivity contribution >= 4 is 17.4 Å². The molecular formula is C15H18ClN5O3. The molecule has 1 aliphatic carbocycles. The van der Waals surface area contributed by atoms with Crippen LogP contribution in [-0.2, 0) is 0 Å².